The Morgan fingerprint density at radius 3 is 2.71 bits per heavy atom. The van der Waals surface area contributed by atoms with Crippen LogP contribution in [-0.4, -0.2) is 35.7 Å². The third kappa shape index (κ3) is 3.80. The van der Waals surface area contributed by atoms with E-state index in [2.05, 4.69) is 10.4 Å². The molecule has 0 atom stereocenters. The predicted molar refractivity (Wildman–Crippen MR) is 81.2 cm³/mol. The molecule has 0 unspecified atom stereocenters. The molecule has 0 saturated heterocycles. The molecule has 2 N–H and O–H groups in total. The number of hydrogen-bond donors (Lipinski definition) is 2. The highest BCUT2D eigenvalue weighted by molar-refractivity contribution is 6.32. The Morgan fingerprint density at radius 1 is 1.29 bits per heavy atom. The van der Waals surface area contributed by atoms with Crippen LogP contribution in [0.1, 0.15) is 5.56 Å². The number of aromatic nitrogens is 2. The lowest BCUT2D eigenvalue weighted by Crippen LogP contribution is -2.03. The van der Waals surface area contributed by atoms with E-state index in [4.69, 9.17) is 26.2 Å². The Bertz CT molecular complexity index is 601. The monoisotopic (exact) mass is 311 g/mol. The Hall–Kier alpha value is -1.92. The Labute approximate surface area is 128 Å². The number of hydrogen-bond acceptors (Lipinski definition) is 5. The van der Waals surface area contributed by atoms with Gasteiger partial charge in [0.1, 0.15) is 11.5 Å². The zero-order chi connectivity index (χ0) is 15.2. The molecule has 1 aromatic heterocycles. The van der Waals surface area contributed by atoms with E-state index in [1.165, 1.54) is 0 Å². The van der Waals surface area contributed by atoms with Gasteiger partial charge in [-0.3, -0.25) is 4.68 Å². The minimum atomic E-state index is 0.0659. The highest BCUT2D eigenvalue weighted by Crippen LogP contribution is 2.36. The van der Waals surface area contributed by atoms with Crippen molar-refractivity contribution in [3.8, 4) is 11.5 Å². The molecule has 2 rings (SSSR count). The maximum absolute atomic E-state index is 8.87. The third-order valence-electron chi connectivity index (χ3n) is 2.97. The molecule has 114 valence electrons. The quantitative estimate of drug-likeness (QED) is 0.820. The summed E-state index contributed by atoms with van der Waals surface area (Å²) in [5.41, 5.74) is 1.77. The summed E-state index contributed by atoms with van der Waals surface area (Å²) in [6.07, 6.45) is 3.63. The molecule has 21 heavy (non-hydrogen) atoms. The fraction of sp³-hybridized carbons (Fsp3) is 0.357. The first-order chi connectivity index (χ1) is 10.2. The molecule has 6 nitrogen and oxygen atoms in total. The van der Waals surface area contributed by atoms with Gasteiger partial charge in [0.05, 0.1) is 44.3 Å². The number of anilines is 1. The van der Waals surface area contributed by atoms with Crippen LogP contribution < -0.4 is 14.8 Å². The van der Waals surface area contributed by atoms with Crippen LogP contribution in [0.15, 0.2) is 24.5 Å². The predicted octanol–water partition coefficient (Wildman–Crippen LogP) is 2.16. The molecule has 7 heteroatoms. The SMILES string of the molecule is COc1cc(OC)c(NCc2cnn(CCO)c2)cc1Cl. The smallest absolute Gasteiger partial charge is 0.145 e. The topological polar surface area (TPSA) is 68.5 Å². The van der Waals surface area contributed by atoms with Gasteiger partial charge in [0, 0.05) is 24.4 Å². The lowest BCUT2D eigenvalue weighted by molar-refractivity contribution is 0.269. The zero-order valence-corrected chi connectivity index (χ0v) is 12.7. The van der Waals surface area contributed by atoms with E-state index >= 15 is 0 Å². The van der Waals surface area contributed by atoms with Crippen LogP contribution in [0.3, 0.4) is 0 Å². The molecule has 1 heterocycles. The summed E-state index contributed by atoms with van der Waals surface area (Å²) < 4.78 is 12.2. The van der Waals surface area contributed by atoms with E-state index in [-0.39, 0.29) is 6.61 Å². The number of nitrogens with one attached hydrogen (secondary N) is 1. The second-order valence-electron chi connectivity index (χ2n) is 4.38. The van der Waals surface area contributed by atoms with Gasteiger partial charge in [-0.15, -0.1) is 0 Å². The van der Waals surface area contributed by atoms with Crippen molar-refractivity contribution in [1.29, 1.82) is 0 Å². The number of aliphatic hydroxyl groups is 1. The summed E-state index contributed by atoms with van der Waals surface area (Å²) in [7, 11) is 3.15. The van der Waals surface area contributed by atoms with Crippen LogP contribution in [-0.2, 0) is 13.1 Å². The highest BCUT2D eigenvalue weighted by Gasteiger charge is 2.10. The van der Waals surface area contributed by atoms with E-state index in [0.29, 0.717) is 29.6 Å². The van der Waals surface area contributed by atoms with Crippen LogP contribution >= 0.6 is 11.6 Å². The number of rotatable bonds is 7. The van der Waals surface area contributed by atoms with Gasteiger partial charge < -0.3 is 19.9 Å². The first-order valence-electron chi connectivity index (χ1n) is 6.45. The molecule has 0 bridgehead atoms. The summed E-state index contributed by atoms with van der Waals surface area (Å²) in [5.74, 6) is 1.22. The Balaban J connectivity index is 2.09. The largest absolute Gasteiger partial charge is 0.495 e. The van der Waals surface area contributed by atoms with Crippen molar-refractivity contribution in [2.24, 2.45) is 0 Å². The molecule has 0 fully saturated rings. The minimum absolute atomic E-state index is 0.0659. The molecule has 2 aromatic rings. The van der Waals surface area contributed by atoms with Gasteiger partial charge >= 0.3 is 0 Å². The summed E-state index contributed by atoms with van der Waals surface area (Å²) in [6.45, 7) is 1.12. The second-order valence-corrected chi connectivity index (χ2v) is 4.78. The van der Waals surface area contributed by atoms with Crippen LogP contribution in [0.4, 0.5) is 5.69 Å². The second kappa shape index (κ2) is 7.19. The van der Waals surface area contributed by atoms with Crippen molar-refractivity contribution in [3.63, 3.8) is 0 Å². The highest BCUT2D eigenvalue weighted by atomic mass is 35.5. The molecular formula is C14H18ClN3O3. The Kier molecular flexibility index (Phi) is 5.30. The third-order valence-corrected chi connectivity index (χ3v) is 3.27. The molecular weight excluding hydrogens is 294 g/mol. The molecule has 1 aromatic carbocycles. The fourth-order valence-corrected chi connectivity index (χ4v) is 2.16. The van der Waals surface area contributed by atoms with E-state index in [0.717, 1.165) is 11.3 Å². The summed E-state index contributed by atoms with van der Waals surface area (Å²) in [5, 5.41) is 16.8. The molecule has 0 aliphatic carbocycles. The summed E-state index contributed by atoms with van der Waals surface area (Å²) in [4.78, 5) is 0. The number of methoxy groups -OCH3 is 2. The van der Waals surface area contributed by atoms with Gasteiger partial charge in [0.25, 0.3) is 0 Å². The first-order valence-corrected chi connectivity index (χ1v) is 6.83. The Morgan fingerprint density at radius 2 is 2.05 bits per heavy atom. The average Bonchev–Trinajstić information content (AvgIpc) is 2.93. The number of ether oxygens (including phenoxy) is 2. The van der Waals surface area contributed by atoms with Crippen molar-refractivity contribution in [1.82, 2.24) is 9.78 Å². The van der Waals surface area contributed by atoms with Crippen molar-refractivity contribution >= 4 is 17.3 Å². The zero-order valence-electron chi connectivity index (χ0n) is 12.0. The van der Waals surface area contributed by atoms with Crippen LogP contribution in [0.25, 0.3) is 0 Å². The van der Waals surface area contributed by atoms with Crippen LogP contribution in [0, 0.1) is 0 Å². The van der Waals surface area contributed by atoms with Gasteiger partial charge in [-0.1, -0.05) is 11.6 Å². The van der Waals surface area contributed by atoms with Gasteiger partial charge in [-0.25, -0.2) is 0 Å². The van der Waals surface area contributed by atoms with Gasteiger partial charge in [-0.05, 0) is 6.07 Å². The van der Waals surface area contributed by atoms with Gasteiger partial charge in [-0.2, -0.15) is 5.10 Å². The molecule has 0 amide bonds. The van der Waals surface area contributed by atoms with Crippen LogP contribution in [0.2, 0.25) is 5.02 Å². The van der Waals surface area contributed by atoms with E-state index in [1.54, 1.807) is 37.2 Å². The van der Waals surface area contributed by atoms with E-state index in [9.17, 15) is 0 Å². The van der Waals surface area contributed by atoms with E-state index in [1.807, 2.05) is 6.20 Å². The number of halogens is 1. The van der Waals surface area contributed by atoms with Gasteiger partial charge in [0.15, 0.2) is 0 Å². The van der Waals surface area contributed by atoms with Gasteiger partial charge in [0.2, 0.25) is 0 Å². The number of aliphatic hydroxyl groups excluding tert-OH is 1. The van der Waals surface area contributed by atoms with Crippen molar-refractivity contribution < 1.29 is 14.6 Å². The normalized spacial score (nSPS) is 10.5. The molecule has 0 saturated carbocycles. The molecule has 0 aliphatic rings. The van der Waals surface area contributed by atoms with Crippen molar-refractivity contribution in [2.75, 3.05) is 26.1 Å². The maximum Gasteiger partial charge on any atom is 0.145 e. The summed E-state index contributed by atoms with van der Waals surface area (Å²) >= 11 is 6.12. The maximum atomic E-state index is 8.87. The number of nitrogens with zero attached hydrogens (tertiary/aromatic N) is 2. The average molecular weight is 312 g/mol. The fourth-order valence-electron chi connectivity index (χ4n) is 1.92. The van der Waals surface area contributed by atoms with Crippen molar-refractivity contribution in [2.45, 2.75) is 13.1 Å². The molecule has 0 spiro atoms. The summed E-state index contributed by atoms with van der Waals surface area (Å²) in [6, 6.07) is 3.50. The lowest BCUT2D eigenvalue weighted by Gasteiger charge is -2.13. The number of benzene rings is 1. The van der Waals surface area contributed by atoms with Crippen LogP contribution in [0.5, 0.6) is 11.5 Å². The minimum Gasteiger partial charge on any atom is -0.495 e. The van der Waals surface area contributed by atoms with Crippen molar-refractivity contribution in [3.05, 3.63) is 35.1 Å². The standard InChI is InChI=1S/C14H18ClN3O3/c1-20-13-6-14(21-2)12(5-11(13)15)16-7-10-8-17-18(9-10)3-4-19/h5-6,8-9,16,19H,3-4,7H2,1-2H3. The first kappa shape index (κ1) is 15.5. The molecule has 0 aliphatic heterocycles. The lowest BCUT2D eigenvalue weighted by atomic mass is 10.2. The van der Waals surface area contributed by atoms with E-state index < -0.39 is 0 Å². The molecule has 0 radical (unpaired) electrons.